The van der Waals surface area contributed by atoms with E-state index in [1.54, 1.807) is 0 Å². The van der Waals surface area contributed by atoms with Gasteiger partial charge in [-0.15, -0.1) is 11.8 Å². The van der Waals surface area contributed by atoms with E-state index in [2.05, 4.69) is 21.2 Å². The summed E-state index contributed by atoms with van der Waals surface area (Å²) in [6.45, 7) is 0.469. The maximum Gasteiger partial charge on any atom is 0.306 e. The molecule has 2 rings (SSSR count). The summed E-state index contributed by atoms with van der Waals surface area (Å²) in [5.74, 6) is -0.657. The van der Waals surface area contributed by atoms with Crippen LogP contribution in [0.15, 0.2) is 33.6 Å². The molecule has 0 heterocycles. The van der Waals surface area contributed by atoms with Crippen molar-refractivity contribution in [3.05, 3.63) is 28.7 Å². The van der Waals surface area contributed by atoms with Crippen molar-refractivity contribution in [2.24, 2.45) is 11.8 Å². The Hall–Kier alpha value is -1.01. The molecule has 2 unspecified atom stereocenters. The number of benzene rings is 1. The Balaban J connectivity index is 1.72. The number of hydrogen-bond acceptors (Lipinski definition) is 3. The molecule has 1 fully saturated rings. The number of rotatable bonds is 6. The van der Waals surface area contributed by atoms with E-state index in [4.69, 9.17) is 5.11 Å². The summed E-state index contributed by atoms with van der Waals surface area (Å²) < 4.78 is 1.01. The number of aliphatic carboxylic acids is 1. The number of amides is 1. The molecule has 1 aliphatic carbocycles. The minimum absolute atomic E-state index is 0.0426. The van der Waals surface area contributed by atoms with Gasteiger partial charge >= 0.3 is 5.97 Å². The van der Waals surface area contributed by atoms with Crippen molar-refractivity contribution in [3.8, 4) is 0 Å². The number of hydrogen-bond donors (Lipinski definition) is 2. The van der Waals surface area contributed by atoms with E-state index < -0.39 is 5.97 Å². The lowest BCUT2D eigenvalue weighted by molar-refractivity contribution is -0.143. The molecule has 21 heavy (non-hydrogen) atoms. The van der Waals surface area contributed by atoms with Crippen molar-refractivity contribution in [2.45, 2.75) is 24.2 Å². The standard InChI is InChI=1S/C15H18BrNO3S/c16-11-4-6-12(7-5-11)21-9-14(18)17-8-10-2-1-3-13(10)15(19)20/h4-7,10,13H,1-3,8-9H2,(H,17,18)(H,19,20). The molecule has 1 amide bonds. The average Bonchev–Trinajstić information content (AvgIpc) is 2.93. The molecule has 0 saturated heterocycles. The van der Waals surface area contributed by atoms with E-state index in [1.165, 1.54) is 11.8 Å². The van der Waals surface area contributed by atoms with Crippen LogP contribution in [0, 0.1) is 11.8 Å². The highest BCUT2D eigenvalue weighted by molar-refractivity contribution is 9.10. The number of thioether (sulfide) groups is 1. The van der Waals surface area contributed by atoms with Crippen molar-refractivity contribution in [1.82, 2.24) is 5.32 Å². The first-order chi connectivity index (χ1) is 10.1. The molecule has 1 aromatic carbocycles. The first-order valence-corrected chi connectivity index (χ1v) is 8.72. The Morgan fingerprint density at radius 1 is 1.29 bits per heavy atom. The molecule has 1 aliphatic rings. The van der Waals surface area contributed by atoms with Crippen molar-refractivity contribution in [3.63, 3.8) is 0 Å². The van der Waals surface area contributed by atoms with Gasteiger partial charge in [0.15, 0.2) is 0 Å². The molecule has 0 radical (unpaired) electrons. The predicted molar refractivity (Wildman–Crippen MR) is 86.3 cm³/mol. The second-order valence-corrected chi connectivity index (χ2v) is 7.15. The Bertz CT molecular complexity index is 506. The van der Waals surface area contributed by atoms with Crippen molar-refractivity contribution in [1.29, 1.82) is 0 Å². The van der Waals surface area contributed by atoms with E-state index in [9.17, 15) is 9.59 Å². The lowest BCUT2D eigenvalue weighted by Gasteiger charge is -2.16. The normalized spacial score (nSPS) is 21.2. The van der Waals surface area contributed by atoms with Crippen LogP contribution in [-0.2, 0) is 9.59 Å². The van der Waals surface area contributed by atoms with Crippen molar-refractivity contribution < 1.29 is 14.7 Å². The molecule has 0 aromatic heterocycles. The van der Waals surface area contributed by atoms with Gasteiger partial charge in [-0.25, -0.2) is 0 Å². The number of nitrogens with one attached hydrogen (secondary N) is 1. The lowest BCUT2D eigenvalue weighted by Crippen LogP contribution is -2.33. The fourth-order valence-electron chi connectivity index (χ4n) is 2.58. The third-order valence-corrected chi connectivity index (χ3v) is 5.26. The highest BCUT2D eigenvalue weighted by atomic mass is 79.9. The first-order valence-electron chi connectivity index (χ1n) is 6.94. The van der Waals surface area contributed by atoms with Crippen LogP contribution >= 0.6 is 27.7 Å². The maximum atomic E-state index is 11.8. The topological polar surface area (TPSA) is 66.4 Å². The zero-order valence-electron chi connectivity index (χ0n) is 11.5. The Morgan fingerprint density at radius 3 is 2.67 bits per heavy atom. The summed E-state index contributed by atoms with van der Waals surface area (Å²) in [6.07, 6.45) is 2.55. The van der Waals surface area contributed by atoms with E-state index in [1.807, 2.05) is 24.3 Å². The highest BCUT2D eigenvalue weighted by Gasteiger charge is 2.32. The number of halogens is 1. The van der Waals surface area contributed by atoms with E-state index in [-0.39, 0.29) is 17.7 Å². The van der Waals surface area contributed by atoms with E-state index in [0.717, 1.165) is 28.6 Å². The lowest BCUT2D eigenvalue weighted by atomic mass is 9.96. The van der Waals surface area contributed by atoms with Crippen LogP contribution in [-0.4, -0.2) is 29.3 Å². The Labute approximate surface area is 136 Å². The summed E-state index contributed by atoms with van der Waals surface area (Å²) in [7, 11) is 0. The third kappa shape index (κ3) is 5.04. The summed E-state index contributed by atoms with van der Waals surface area (Å²) in [5, 5.41) is 12.0. The zero-order valence-corrected chi connectivity index (χ0v) is 14.0. The van der Waals surface area contributed by atoms with Crippen LogP contribution in [0.2, 0.25) is 0 Å². The number of carbonyl (C=O) groups excluding carboxylic acids is 1. The van der Waals surface area contributed by atoms with Crippen LogP contribution in [0.4, 0.5) is 0 Å². The first kappa shape index (κ1) is 16.4. The van der Waals surface area contributed by atoms with Gasteiger partial charge in [0.05, 0.1) is 11.7 Å². The number of carbonyl (C=O) groups is 2. The molecule has 2 N–H and O–H groups in total. The smallest absolute Gasteiger partial charge is 0.306 e. The predicted octanol–water partition coefficient (Wildman–Crippen LogP) is 3.16. The molecule has 1 aromatic rings. The molecule has 2 atom stereocenters. The number of carboxylic acid groups (broad SMARTS) is 1. The van der Waals surface area contributed by atoms with Gasteiger partial charge < -0.3 is 10.4 Å². The molecule has 0 aliphatic heterocycles. The molecule has 4 nitrogen and oxygen atoms in total. The van der Waals surface area contributed by atoms with Gasteiger partial charge in [0.2, 0.25) is 5.91 Å². The third-order valence-electron chi connectivity index (χ3n) is 3.72. The monoisotopic (exact) mass is 371 g/mol. The van der Waals surface area contributed by atoms with Gasteiger partial charge in [0.25, 0.3) is 0 Å². The molecule has 0 spiro atoms. The minimum Gasteiger partial charge on any atom is -0.481 e. The Morgan fingerprint density at radius 2 is 2.00 bits per heavy atom. The molecule has 0 bridgehead atoms. The summed E-state index contributed by atoms with van der Waals surface area (Å²) in [4.78, 5) is 23.9. The average molecular weight is 372 g/mol. The van der Waals surface area contributed by atoms with Gasteiger partial charge in [-0.1, -0.05) is 22.4 Å². The van der Waals surface area contributed by atoms with E-state index in [0.29, 0.717) is 12.3 Å². The van der Waals surface area contributed by atoms with Crippen LogP contribution in [0.5, 0.6) is 0 Å². The van der Waals surface area contributed by atoms with Gasteiger partial charge in [-0.05, 0) is 43.0 Å². The van der Waals surface area contributed by atoms with Crippen molar-refractivity contribution in [2.75, 3.05) is 12.3 Å². The quantitative estimate of drug-likeness (QED) is 0.753. The van der Waals surface area contributed by atoms with Gasteiger partial charge in [-0.3, -0.25) is 9.59 Å². The van der Waals surface area contributed by atoms with Crippen LogP contribution in [0.25, 0.3) is 0 Å². The van der Waals surface area contributed by atoms with Gasteiger partial charge in [0, 0.05) is 15.9 Å². The summed E-state index contributed by atoms with van der Waals surface area (Å²) in [5.41, 5.74) is 0. The summed E-state index contributed by atoms with van der Waals surface area (Å²) >= 11 is 4.85. The maximum absolute atomic E-state index is 11.8. The minimum atomic E-state index is -0.740. The van der Waals surface area contributed by atoms with Crippen LogP contribution in [0.3, 0.4) is 0 Å². The van der Waals surface area contributed by atoms with Crippen molar-refractivity contribution >= 4 is 39.6 Å². The zero-order chi connectivity index (χ0) is 15.2. The van der Waals surface area contributed by atoms with Gasteiger partial charge in [0.1, 0.15) is 0 Å². The highest BCUT2D eigenvalue weighted by Crippen LogP contribution is 2.31. The van der Waals surface area contributed by atoms with Gasteiger partial charge in [-0.2, -0.15) is 0 Å². The molecular formula is C15H18BrNO3S. The van der Waals surface area contributed by atoms with Crippen LogP contribution < -0.4 is 5.32 Å². The summed E-state index contributed by atoms with van der Waals surface area (Å²) in [6, 6.07) is 7.80. The molecule has 1 saturated carbocycles. The van der Waals surface area contributed by atoms with Crippen LogP contribution in [0.1, 0.15) is 19.3 Å². The second kappa shape index (κ2) is 7.84. The number of carboxylic acids is 1. The van der Waals surface area contributed by atoms with E-state index >= 15 is 0 Å². The SMILES string of the molecule is O=C(CSc1ccc(Br)cc1)NCC1CCCC1C(=O)O. The fourth-order valence-corrected chi connectivity index (χ4v) is 3.57. The molecule has 6 heteroatoms. The molecule has 114 valence electrons. The molecular weight excluding hydrogens is 354 g/mol. The second-order valence-electron chi connectivity index (χ2n) is 5.18. The Kier molecular flexibility index (Phi) is 6.11. The fraction of sp³-hybridized carbons (Fsp3) is 0.467. The largest absolute Gasteiger partial charge is 0.481 e.